The van der Waals surface area contributed by atoms with E-state index in [1.54, 1.807) is 0 Å². The molecule has 1 rings (SSSR count). The van der Waals surface area contributed by atoms with E-state index in [-0.39, 0.29) is 18.3 Å². The van der Waals surface area contributed by atoms with Gasteiger partial charge in [-0.1, -0.05) is 0 Å². The third kappa shape index (κ3) is 3.32. The first kappa shape index (κ1) is 10.5. The fourth-order valence-electron chi connectivity index (χ4n) is 1.52. The minimum Gasteiger partial charge on any atom is -0.469 e. The van der Waals surface area contributed by atoms with Gasteiger partial charge < -0.3 is 14.6 Å². The second-order valence-electron chi connectivity index (χ2n) is 3.30. The molecular formula is C9H16O4. The lowest BCUT2D eigenvalue weighted by atomic mass is 9.92. The molecule has 0 saturated carbocycles. The van der Waals surface area contributed by atoms with E-state index in [9.17, 15) is 9.90 Å². The number of carbonyl (C=O) groups excluding carboxylic acids is 1. The molecule has 0 aliphatic carbocycles. The van der Waals surface area contributed by atoms with Crippen LogP contribution in [0.5, 0.6) is 0 Å². The van der Waals surface area contributed by atoms with Crippen molar-refractivity contribution in [2.45, 2.75) is 25.4 Å². The van der Waals surface area contributed by atoms with Gasteiger partial charge in [-0.2, -0.15) is 0 Å². The molecule has 1 heterocycles. The summed E-state index contributed by atoms with van der Waals surface area (Å²) in [5.74, 6) is -0.160. The Kier molecular flexibility index (Phi) is 4.18. The quantitative estimate of drug-likeness (QED) is 0.649. The zero-order valence-corrected chi connectivity index (χ0v) is 7.86. The molecule has 1 aliphatic rings. The van der Waals surface area contributed by atoms with Gasteiger partial charge in [0.2, 0.25) is 0 Å². The summed E-state index contributed by atoms with van der Waals surface area (Å²) in [4.78, 5) is 10.9. The first-order valence-electron chi connectivity index (χ1n) is 4.56. The van der Waals surface area contributed by atoms with Crippen molar-refractivity contribution in [2.75, 3.05) is 20.3 Å². The molecule has 0 aromatic heterocycles. The SMILES string of the molecule is COC(=O)CC(O)C1CCOCC1. The smallest absolute Gasteiger partial charge is 0.308 e. The predicted octanol–water partition coefficient (Wildman–Crippen LogP) is 0.337. The second kappa shape index (κ2) is 5.19. The maximum Gasteiger partial charge on any atom is 0.308 e. The Morgan fingerprint density at radius 2 is 2.23 bits per heavy atom. The Balaban J connectivity index is 2.28. The highest BCUT2D eigenvalue weighted by Crippen LogP contribution is 2.20. The molecule has 1 fully saturated rings. The summed E-state index contributed by atoms with van der Waals surface area (Å²) < 4.78 is 9.64. The van der Waals surface area contributed by atoms with Crippen molar-refractivity contribution in [3.63, 3.8) is 0 Å². The van der Waals surface area contributed by atoms with Crippen molar-refractivity contribution in [3.8, 4) is 0 Å². The molecule has 4 heteroatoms. The predicted molar refractivity (Wildman–Crippen MR) is 46.2 cm³/mol. The largest absolute Gasteiger partial charge is 0.469 e. The number of esters is 1. The van der Waals surface area contributed by atoms with Crippen LogP contribution in [-0.2, 0) is 14.3 Å². The van der Waals surface area contributed by atoms with Crippen LogP contribution >= 0.6 is 0 Å². The van der Waals surface area contributed by atoms with E-state index >= 15 is 0 Å². The Morgan fingerprint density at radius 3 is 2.77 bits per heavy atom. The van der Waals surface area contributed by atoms with E-state index in [0.29, 0.717) is 13.2 Å². The fourth-order valence-corrected chi connectivity index (χ4v) is 1.52. The van der Waals surface area contributed by atoms with Crippen molar-refractivity contribution in [1.82, 2.24) is 0 Å². The van der Waals surface area contributed by atoms with Gasteiger partial charge >= 0.3 is 5.97 Å². The molecule has 76 valence electrons. The third-order valence-corrected chi connectivity index (χ3v) is 2.41. The molecular weight excluding hydrogens is 172 g/mol. The van der Waals surface area contributed by atoms with E-state index in [1.165, 1.54) is 7.11 Å². The lowest BCUT2D eigenvalue weighted by molar-refractivity contribution is -0.144. The van der Waals surface area contributed by atoms with Gasteiger partial charge in [0.05, 0.1) is 19.6 Å². The summed E-state index contributed by atoms with van der Waals surface area (Å²) in [6.07, 6.45) is 1.19. The summed E-state index contributed by atoms with van der Waals surface area (Å²) in [5.41, 5.74) is 0. The molecule has 0 amide bonds. The molecule has 1 saturated heterocycles. The molecule has 1 unspecified atom stereocenters. The molecule has 1 atom stereocenters. The zero-order valence-electron chi connectivity index (χ0n) is 7.86. The van der Waals surface area contributed by atoms with E-state index < -0.39 is 6.10 Å². The lowest BCUT2D eigenvalue weighted by Gasteiger charge is -2.25. The van der Waals surface area contributed by atoms with Crippen LogP contribution in [0.1, 0.15) is 19.3 Å². The summed E-state index contributed by atoms with van der Waals surface area (Å²) in [6, 6.07) is 0. The molecule has 4 nitrogen and oxygen atoms in total. The highest BCUT2D eigenvalue weighted by molar-refractivity contribution is 5.69. The van der Waals surface area contributed by atoms with Gasteiger partial charge in [-0.3, -0.25) is 4.79 Å². The summed E-state index contributed by atoms with van der Waals surface area (Å²) >= 11 is 0. The Hall–Kier alpha value is -0.610. The summed E-state index contributed by atoms with van der Waals surface area (Å²) in [6.45, 7) is 1.37. The van der Waals surface area contributed by atoms with Crippen LogP contribution in [0.15, 0.2) is 0 Å². The van der Waals surface area contributed by atoms with E-state index in [2.05, 4.69) is 4.74 Å². The first-order chi connectivity index (χ1) is 6.24. The van der Waals surface area contributed by atoms with Gasteiger partial charge in [0.1, 0.15) is 0 Å². The second-order valence-corrected chi connectivity index (χ2v) is 3.30. The van der Waals surface area contributed by atoms with Crippen LogP contribution in [0.3, 0.4) is 0 Å². The summed E-state index contributed by atoms with van der Waals surface area (Å²) in [7, 11) is 1.33. The molecule has 1 aliphatic heterocycles. The highest BCUT2D eigenvalue weighted by atomic mass is 16.5. The monoisotopic (exact) mass is 188 g/mol. The number of carbonyl (C=O) groups is 1. The zero-order chi connectivity index (χ0) is 9.68. The van der Waals surface area contributed by atoms with E-state index in [4.69, 9.17) is 4.74 Å². The van der Waals surface area contributed by atoms with Crippen LogP contribution in [0.25, 0.3) is 0 Å². The van der Waals surface area contributed by atoms with Crippen LogP contribution in [0.2, 0.25) is 0 Å². The normalized spacial score (nSPS) is 21.1. The fraction of sp³-hybridized carbons (Fsp3) is 0.889. The maximum atomic E-state index is 10.9. The van der Waals surface area contributed by atoms with Gasteiger partial charge in [0.15, 0.2) is 0 Å². The average molecular weight is 188 g/mol. The van der Waals surface area contributed by atoms with Crippen LogP contribution in [-0.4, -0.2) is 37.5 Å². The third-order valence-electron chi connectivity index (χ3n) is 2.41. The molecule has 0 bridgehead atoms. The Labute approximate surface area is 77.8 Å². The van der Waals surface area contributed by atoms with Crippen LogP contribution in [0, 0.1) is 5.92 Å². The molecule has 0 spiro atoms. The van der Waals surface area contributed by atoms with Crippen LogP contribution < -0.4 is 0 Å². The lowest BCUT2D eigenvalue weighted by Crippen LogP contribution is -2.29. The van der Waals surface area contributed by atoms with Gasteiger partial charge in [0.25, 0.3) is 0 Å². The molecule has 13 heavy (non-hydrogen) atoms. The number of hydrogen-bond donors (Lipinski definition) is 1. The number of hydrogen-bond acceptors (Lipinski definition) is 4. The van der Waals surface area contributed by atoms with E-state index in [1.807, 2.05) is 0 Å². The van der Waals surface area contributed by atoms with Gasteiger partial charge in [-0.25, -0.2) is 0 Å². The molecule has 0 radical (unpaired) electrons. The van der Waals surface area contributed by atoms with Gasteiger partial charge in [-0.15, -0.1) is 0 Å². The molecule has 1 N–H and O–H groups in total. The topological polar surface area (TPSA) is 55.8 Å². The van der Waals surface area contributed by atoms with Crippen molar-refractivity contribution >= 4 is 5.97 Å². The first-order valence-corrected chi connectivity index (χ1v) is 4.56. The Bertz CT molecular complexity index is 163. The van der Waals surface area contributed by atoms with Crippen molar-refractivity contribution in [1.29, 1.82) is 0 Å². The molecule has 0 aromatic carbocycles. The average Bonchev–Trinajstić information content (AvgIpc) is 2.19. The van der Waals surface area contributed by atoms with E-state index in [0.717, 1.165) is 12.8 Å². The minimum atomic E-state index is -0.573. The molecule has 0 aromatic rings. The van der Waals surface area contributed by atoms with Crippen molar-refractivity contribution < 1.29 is 19.4 Å². The minimum absolute atomic E-state index is 0.0984. The van der Waals surface area contributed by atoms with Gasteiger partial charge in [0, 0.05) is 13.2 Å². The maximum absolute atomic E-state index is 10.9. The van der Waals surface area contributed by atoms with Crippen molar-refractivity contribution in [2.24, 2.45) is 5.92 Å². The Morgan fingerprint density at radius 1 is 1.62 bits per heavy atom. The number of methoxy groups -OCH3 is 1. The number of rotatable bonds is 3. The van der Waals surface area contributed by atoms with Gasteiger partial charge in [-0.05, 0) is 18.8 Å². The number of aliphatic hydroxyl groups excluding tert-OH is 1. The summed E-state index contributed by atoms with van der Waals surface area (Å²) in [5, 5.41) is 9.62. The number of aliphatic hydroxyl groups is 1. The standard InChI is InChI=1S/C9H16O4/c1-12-9(11)6-8(10)7-2-4-13-5-3-7/h7-8,10H,2-6H2,1H3. The highest BCUT2D eigenvalue weighted by Gasteiger charge is 2.24. The van der Waals surface area contributed by atoms with Crippen LogP contribution in [0.4, 0.5) is 0 Å². The number of ether oxygens (including phenoxy) is 2. The van der Waals surface area contributed by atoms with Crippen molar-refractivity contribution in [3.05, 3.63) is 0 Å².